The van der Waals surface area contributed by atoms with E-state index in [9.17, 15) is 0 Å². The second-order valence-electron chi connectivity index (χ2n) is 4.04. The van der Waals surface area contributed by atoms with Gasteiger partial charge in [-0.15, -0.1) is 0 Å². The fourth-order valence-electron chi connectivity index (χ4n) is 1.48. The molecule has 0 radical (unpaired) electrons. The molecule has 1 rings (SSSR count). The van der Waals surface area contributed by atoms with Gasteiger partial charge in [-0.05, 0) is 41.7 Å². The summed E-state index contributed by atoms with van der Waals surface area (Å²) in [7, 11) is 0. The summed E-state index contributed by atoms with van der Waals surface area (Å²) in [4.78, 5) is 0. The zero-order chi connectivity index (χ0) is 9.68. The molecule has 0 saturated carbocycles. The molecule has 0 aromatic carbocycles. The lowest BCUT2D eigenvalue weighted by atomic mass is 10.1. The highest BCUT2D eigenvalue weighted by atomic mass is 32.1. The van der Waals surface area contributed by atoms with Crippen molar-refractivity contribution < 1.29 is 0 Å². The quantitative estimate of drug-likeness (QED) is 0.764. The van der Waals surface area contributed by atoms with Crippen LogP contribution < -0.4 is 5.32 Å². The molecule has 1 heterocycles. The molecule has 0 aliphatic carbocycles. The Morgan fingerprint density at radius 2 is 2.15 bits per heavy atom. The van der Waals surface area contributed by atoms with E-state index in [1.54, 1.807) is 11.3 Å². The van der Waals surface area contributed by atoms with Crippen molar-refractivity contribution in [3.8, 4) is 0 Å². The highest BCUT2D eigenvalue weighted by molar-refractivity contribution is 7.07. The van der Waals surface area contributed by atoms with E-state index in [0.29, 0.717) is 6.04 Å². The van der Waals surface area contributed by atoms with Crippen molar-refractivity contribution >= 4 is 11.3 Å². The van der Waals surface area contributed by atoms with Gasteiger partial charge in [0, 0.05) is 12.6 Å². The third-order valence-electron chi connectivity index (χ3n) is 2.06. The predicted molar refractivity (Wildman–Crippen MR) is 60.1 cm³/mol. The van der Waals surface area contributed by atoms with Gasteiger partial charge in [-0.3, -0.25) is 0 Å². The summed E-state index contributed by atoms with van der Waals surface area (Å²) in [6.45, 7) is 7.80. The third-order valence-corrected chi connectivity index (χ3v) is 2.79. The van der Waals surface area contributed by atoms with Crippen LogP contribution in [0.3, 0.4) is 0 Å². The molecule has 0 aliphatic heterocycles. The Hall–Kier alpha value is -0.340. The lowest BCUT2D eigenvalue weighted by Gasteiger charge is -2.15. The average Bonchev–Trinajstić information content (AvgIpc) is 2.51. The highest BCUT2D eigenvalue weighted by Crippen LogP contribution is 2.08. The van der Waals surface area contributed by atoms with E-state index in [1.165, 1.54) is 12.0 Å². The topological polar surface area (TPSA) is 12.0 Å². The Labute approximate surface area is 85.2 Å². The molecule has 1 atom stereocenters. The number of nitrogens with one attached hydrogen (secondary N) is 1. The normalized spacial score (nSPS) is 13.5. The number of rotatable bonds is 5. The van der Waals surface area contributed by atoms with E-state index in [4.69, 9.17) is 0 Å². The van der Waals surface area contributed by atoms with Crippen LogP contribution in [0.1, 0.15) is 32.8 Å². The van der Waals surface area contributed by atoms with E-state index < -0.39 is 0 Å². The van der Waals surface area contributed by atoms with Gasteiger partial charge >= 0.3 is 0 Å². The molecule has 2 heteroatoms. The summed E-state index contributed by atoms with van der Waals surface area (Å²) in [6, 6.07) is 2.81. The number of hydrogen-bond acceptors (Lipinski definition) is 2. The second kappa shape index (κ2) is 5.40. The second-order valence-corrected chi connectivity index (χ2v) is 4.82. The van der Waals surface area contributed by atoms with Crippen LogP contribution in [0.15, 0.2) is 16.8 Å². The molecule has 1 nitrogen and oxygen atoms in total. The molecule has 0 saturated heterocycles. The first-order valence-electron chi connectivity index (χ1n) is 4.93. The van der Waals surface area contributed by atoms with Gasteiger partial charge in [-0.2, -0.15) is 11.3 Å². The maximum absolute atomic E-state index is 3.52. The third kappa shape index (κ3) is 4.44. The molecule has 0 bridgehead atoms. The molecule has 0 fully saturated rings. The minimum absolute atomic E-state index is 0.625. The fourth-order valence-corrected chi connectivity index (χ4v) is 2.14. The van der Waals surface area contributed by atoms with Crippen LogP contribution in [-0.2, 0) is 6.54 Å². The fraction of sp³-hybridized carbons (Fsp3) is 0.636. The molecule has 1 aromatic rings. The van der Waals surface area contributed by atoms with Crippen LogP contribution in [0.5, 0.6) is 0 Å². The first-order valence-corrected chi connectivity index (χ1v) is 5.87. The molecule has 0 aliphatic rings. The van der Waals surface area contributed by atoms with Crippen molar-refractivity contribution in [2.45, 2.75) is 39.8 Å². The number of hydrogen-bond donors (Lipinski definition) is 1. The van der Waals surface area contributed by atoms with Crippen LogP contribution in [0.2, 0.25) is 0 Å². The lowest BCUT2D eigenvalue weighted by molar-refractivity contribution is 0.442. The van der Waals surface area contributed by atoms with E-state index >= 15 is 0 Å². The summed E-state index contributed by atoms with van der Waals surface area (Å²) in [6.07, 6.45) is 1.25. The molecule has 13 heavy (non-hydrogen) atoms. The maximum Gasteiger partial charge on any atom is 0.0216 e. The van der Waals surface area contributed by atoms with Gasteiger partial charge in [0.05, 0.1) is 0 Å². The van der Waals surface area contributed by atoms with E-state index in [1.807, 2.05) is 0 Å². The van der Waals surface area contributed by atoms with Crippen LogP contribution >= 0.6 is 11.3 Å². The van der Waals surface area contributed by atoms with Crippen LogP contribution in [0, 0.1) is 5.92 Å². The van der Waals surface area contributed by atoms with Crippen molar-refractivity contribution in [3.63, 3.8) is 0 Å². The first kappa shape index (κ1) is 10.7. The maximum atomic E-state index is 3.52. The van der Waals surface area contributed by atoms with Gasteiger partial charge in [-0.25, -0.2) is 0 Å². The summed E-state index contributed by atoms with van der Waals surface area (Å²) < 4.78 is 0. The van der Waals surface area contributed by atoms with E-state index in [2.05, 4.69) is 42.9 Å². The Morgan fingerprint density at radius 1 is 1.38 bits per heavy atom. The van der Waals surface area contributed by atoms with Gasteiger partial charge in [0.1, 0.15) is 0 Å². The number of thiophene rings is 1. The average molecular weight is 197 g/mol. The van der Waals surface area contributed by atoms with E-state index in [0.717, 1.165) is 12.5 Å². The highest BCUT2D eigenvalue weighted by Gasteiger charge is 2.03. The SMILES string of the molecule is CC(C)C[C@@H](C)NCc1ccsc1. The van der Waals surface area contributed by atoms with Crippen molar-refractivity contribution in [2.24, 2.45) is 5.92 Å². The molecule has 0 spiro atoms. The van der Waals surface area contributed by atoms with Crippen molar-refractivity contribution in [1.82, 2.24) is 5.32 Å². The zero-order valence-electron chi connectivity index (χ0n) is 8.71. The van der Waals surface area contributed by atoms with Crippen molar-refractivity contribution in [2.75, 3.05) is 0 Å². The van der Waals surface area contributed by atoms with Gasteiger partial charge in [0.25, 0.3) is 0 Å². The minimum Gasteiger partial charge on any atom is -0.310 e. The molecule has 74 valence electrons. The van der Waals surface area contributed by atoms with Crippen LogP contribution in [0.4, 0.5) is 0 Å². The Kier molecular flexibility index (Phi) is 4.46. The van der Waals surface area contributed by atoms with Gasteiger partial charge in [0.15, 0.2) is 0 Å². The smallest absolute Gasteiger partial charge is 0.0216 e. The van der Waals surface area contributed by atoms with E-state index in [-0.39, 0.29) is 0 Å². The van der Waals surface area contributed by atoms with Crippen molar-refractivity contribution in [1.29, 1.82) is 0 Å². The Bertz CT molecular complexity index is 216. The van der Waals surface area contributed by atoms with Gasteiger partial charge < -0.3 is 5.32 Å². The zero-order valence-corrected chi connectivity index (χ0v) is 9.53. The Morgan fingerprint density at radius 3 is 2.69 bits per heavy atom. The van der Waals surface area contributed by atoms with Crippen LogP contribution in [-0.4, -0.2) is 6.04 Å². The molecule has 0 unspecified atom stereocenters. The monoisotopic (exact) mass is 197 g/mol. The summed E-state index contributed by atoms with van der Waals surface area (Å²) >= 11 is 1.77. The molecule has 0 amide bonds. The minimum atomic E-state index is 0.625. The summed E-state index contributed by atoms with van der Waals surface area (Å²) in [5.74, 6) is 0.782. The largest absolute Gasteiger partial charge is 0.310 e. The predicted octanol–water partition coefficient (Wildman–Crippen LogP) is 3.27. The standard InChI is InChI=1S/C11H19NS/c1-9(2)6-10(3)12-7-11-4-5-13-8-11/h4-5,8-10,12H,6-7H2,1-3H3/t10-/m1/s1. The van der Waals surface area contributed by atoms with Gasteiger partial charge in [-0.1, -0.05) is 13.8 Å². The summed E-state index contributed by atoms with van der Waals surface area (Å²) in [5, 5.41) is 7.86. The Balaban J connectivity index is 2.19. The van der Waals surface area contributed by atoms with Crippen molar-refractivity contribution in [3.05, 3.63) is 22.4 Å². The van der Waals surface area contributed by atoms with Gasteiger partial charge in [0.2, 0.25) is 0 Å². The first-order chi connectivity index (χ1) is 6.18. The summed E-state index contributed by atoms with van der Waals surface area (Å²) in [5.41, 5.74) is 1.40. The lowest BCUT2D eigenvalue weighted by Crippen LogP contribution is -2.26. The molecular formula is C11H19NS. The molecule has 1 N–H and O–H groups in total. The van der Waals surface area contributed by atoms with Crippen LogP contribution in [0.25, 0.3) is 0 Å². The molecule has 1 aromatic heterocycles. The molecular weight excluding hydrogens is 178 g/mol.